The van der Waals surface area contributed by atoms with E-state index in [9.17, 15) is 4.79 Å². The van der Waals surface area contributed by atoms with Crippen LogP contribution in [0.15, 0.2) is 54.0 Å². The lowest BCUT2D eigenvalue weighted by Crippen LogP contribution is -2.32. The molecule has 0 aliphatic carbocycles. The second-order valence-corrected chi connectivity index (χ2v) is 7.62. The van der Waals surface area contributed by atoms with Crippen molar-refractivity contribution in [1.29, 1.82) is 0 Å². The van der Waals surface area contributed by atoms with E-state index in [1.165, 1.54) is 16.9 Å². The SMILES string of the molecule is O=C(NOC1CCCCO1)c1sccc1-c1ccn(CCc2ccccc2)n1. The zero-order valence-corrected chi connectivity index (χ0v) is 16.4. The Labute approximate surface area is 168 Å². The number of nitrogens with one attached hydrogen (secondary N) is 1. The van der Waals surface area contributed by atoms with Crippen molar-refractivity contribution in [3.63, 3.8) is 0 Å². The van der Waals surface area contributed by atoms with Gasteiger partial charge in [-0.15, -0.1) is 11.3 Å². The Balaban J connectivity index is 1.38. The van der Waals surface area contributed by atoms with Crippen molar-refractivity contribution in [2.24, 2.45) is 0 Å². The molecule has 3 heterocycles. The number of benzene rings is 1. The van der Waals surface area contributed by atoms with Crippen LogP contribution in [0.4, 0.5) is 0 Å². The molecular weight excluding hydrogens is 374 g/mol. The van der Waals surface area contributed by atoms with Crippen LogP contribution in [0.1, 0.15) is 34.5 Å². The summed E-state index contributed by atoms with van der Waals surface area (Å²) in [4.78, 5) is 18.5. The predicted octanol–water partition coefficient (Wildman–Crippen LogP) is 4.04. The Bertz CT molecular complexity index is 901. The van der Waals surface area contributed by atoms with E-state index in [1.807, 2.05) is 46.6 Å². The molecule has 1 aliphatic heterocycles. The van der Waals surface area contributed by atoms with Crippen molar-refractivity contribution in [1.82, 2.24) is 15.3 Å². The highest BCUT2D eigenvalue weighted by Crippen LogP contribution is 2.27. The van der Waals surface area contributed by atoms with Gasteiger partial charge >= 0.3 is 0 Å². The van der Waals surface area contributed by atoms with Gasteiger partial charge in [0.15, 0.2) is 6.29 Å². The number of nitrogens with zero attached hydrogens (tertiary/aromatic N) is 2. The number of carbonyl (C=O) groups is 1. The van der Waals surface area contributed by atoms with Gasteiger partial charge in [-0.05, 0) is 42.3 Å². The normalized spacial score (nSPS) is 16.8. The Morgan fingerprint density at radius 2 is 2.14 bits per heavy atom. The fourth-order valence-corrected chi connectivity index (χ4v) is 3.96. The number of aryl methyl sites for hydroxylation is 2. The molecule has 0 spiro atoms. The van der Waals surface area contributed by atoms with Crippen molar-refractivity contribution >= 4 is 17.2 Å². The lowest BCUT2D eigenvalue weighted by molar-refractivity contribution is -0.186. The molecule has 0 saturated carbocycles. The summed E-state index contributed by atoms with van der Waals surface area (Å²) in [5.74, 6) is -0.266. The zero-order valence-electron chi connectivity index (χ0n) is 15.5. The highest BCUT2D eigenvalue weighted by molar-refractivity contribution is 7.12. The van der Waals surface area contributed by atoms with Gasteiger partial charge in [-0.3, -0.25) is 9.48 Å². The molecule has 1 saturated heterocycles. The van der Waals surface area contributed by atoms with Crippen LogP contribution in [0.3, 0.4) is 0 Å². The quantitative estimate of drug-likeness (QED) is 0.611. The van der Waals surface area contributed by atoms with Gasteiger partial charge < -0.3 is 4.74 Å². The summed E-state index contributed by atoms with van der Waals surface area (Å²) in [6, 6.07) is 14.2. The van der Waals surface area contributed by atoms with Crippen molar-refractivity contribution < 1.29 is 14.4 Å². The van der Waals surface area contributed by atoms with Gasteiger partial charge in [0.2, 0.25) is 0 Å². The summed E-state index contributed by atoms with van der Waals surface area (Å²) in [5.41, 5.74) is 5.41. The average molecular weight is 398 g/mol. The van der Waals surface area contributed by atoms with Crippen molar-refractivity contribution in [2.75, 3.05) is 6.61 Å². The minimum absolute atomic E-state index is 0.266. The highest BCUT2D eigenvalue weighted by atomic mass is 32.1. The van der Waals surface area contributed by atoms with Crippen LogP contribution in [0.2, 0.25) is 0 Å². The first kappa shape index (κ1) is 18.9. The maximum Gasteiger partial charge on any atom is 0.285 e. The predicted molar refractivity (Wildman–Crippen MR) is 108 cm³/mol. The van der Waals surface area contributed by atoms with Gasteiger partial charge in [0.25, 0.3) is 5.91 Å². The smallest absolute Gasteiger partial charge is 0.285 e. The van der Waals surface area contributed by atoms with E-state index in [4.69, 9.17) is 9.57 Å². The number of amides is 1. The number of hydroxylamine groups is 1. The van der Waals surface area contributed by atoms with E-state index >= 15 is 0 Å². The van der Waals surface area contributed by atoms with Crippen LogP contribution in [0, 0.1) is 0 Å². The van der Waals surface area contributed by atoms with Gasteiger partial charge in [0.1, 0.15) is 4.88 Å². The monoisotopic (exact) mass is 397 g/mol. The van der Waals surface area contributed by atoms with E-state index in [2.05, 4.69) is 22.7 Å². The summed E-state index contributed by atoms with van der Waals surface area (Å²) in [5, 5.41) is 6.53. The van der Waals surface area contributed by atoms with E-state index in [-0.39, 0.29) is 12.2 Å². The molecule has 1 aliphatic rings. The fourth-order valence-electron chi connectivity index (χ4n) is 3.17. The third kappa shape index (κ3) is 4.67. The zero-order chi connectivity index (χ0) is 19.2. The molecule has 0 radical (unpaired) electrons. The molecule has 6 nitrogen and oxygen atoms in total. The molecule has 1 fully saturated rings. The summed E-state index contributed by atoms with van der Waals surface area (Å²) < 4.78 is 7.39. The molecule has 1 amide bonds. The summed E-state index contributed by atoms with van der Waals surface area (Å²) in [7, 11) is 0. The third-order valence-electron chi connectivity index (χ3n) is 4.68. The number of hydrogen-bond donors (Lipinski definition) is 1. The first-order valence-corrected chi connectivity index (χ1v) is 10.4. The number of hydrogen-bond acceptors (Lipinski definition) is 5. The molecule has 1 aromatic carbocycles. The van der Waals surface area contributed by atoms with Gasteiger partial charge in [0, 0.05) is 31.3 Å². The minimum Gasteiger partial charge on any atom is -0.350 e. The molecule has 1 atom stereocenters. The Kier molecular flexibility index (Phi) is 6.16. The molecule has 4 rings (SSSR count). The molecule has 0 bridgehead atoms. The lowest BCUT2D eigenvalue weighted by atomic mass is 10.1. The molecular formula is C21H23N3O3S. The van der Waals surface area contributed by atoms with Crippen LogP contribution in [0.25, 0.3) is 11.3 Å². The highest BCUT2D eigenvalue weighted by Gasteiger charge is 2.20. The maximum absolute atomic E-state index is 12.5. The number of rotatable bonds is 7. The van der Waals surface area contributed by atoms with Crippen molar-refractivity contribution in [3.8, 4) is 11.3 Å². The first-order valence-electron chi connectivity index (χ1n) is 9.52. The Hall–Kier alpha value is -2.48. The van der Waals surface area contributed by atoms with Crippen LogP contribution in [0.5, 0.6) is 0 Å². The van der Waals surface area contributed by atoms with Crippen molar-refractivity contribution in [3.05, 3.63) is 64.5 Å². The Morgan fingerprint density at radius 1 is 1.25 bits per heavy atom. The van der Waals surface area contributed by atoms with Gasteiger partial charge in [-0.2, -0.15) is 5.10 Å². The standard InChI is InChI=1S/C21H23N3O3S/c25-21(23-27-19-8-4-5-14-26-19)20-17(11-15-28-20)18-10-13-24(22-18)12-9-16-6-2-1-3-7-16/h1-3,6-7,10-11,13,15,19H,4-5,8-9,12,14H2,(H,23,25). The number of aromatic nitrogens is 2. The van der Waals surface area contributed by atoms with Crippen LogP contribution in [-0.4, -0.2) is 28.6 Å². The molecule has 7 heteroatoms. The summed E-state index contributed by atoms with van der Waals surface area (Å²) in [6.45, 7) is 1.46. The van der Waals surface area contributed by atoms with Crippen molar-refractivity contribution in [2.45, 2.75) is 38.5 Å². The van der Waals surface area contributed by atoms with Crippen LogP contribution in [-0.2, 0) is 22.5 Å². The number of ether oxygens (including phenoxy) is 1. The maximum atomic E-state index is 12.5. The third-order valence-corrected chi connectivity index (χ3v) is 5.59. The summed E-state index contributed by atoms with van der Waals surface area (Å²) in [6.07, 6.45) is 5.38. The van der Waals surface area contributed by atoms with Gasteiger partial charge in [-0.25, -0.2) is 10.3 Å². The first-order chi connectivity index (χ1) is 13.8. The second-order valence-electron chi connectivity index (χ2n) is 6.71. The van der Waals surface area contributed by atoms with Gasteiger partial charge in [0.05, 0.1) is 5.69 Å². The van der Waals surface area contributed by atoms with Crippen LogP contribution >= 0.6 is 11.3 Å². The molecule has 3 aromatic rings. The number of thiophene rings is 1. The lowest BCUT2D eigenvalue weighted by Gasteiger charge is -2.22. The van der Waals surface area contributed by atoms with Gasteiger partial charge in [-0.1, -0.05) is 30.3 Å². The molecule has 1 N–H and O–H groups in total. The molecule has 28 heavy (non-hydrogen) atoms. The number of carbonyl (C=O) groups excluding carboxylic acids is 1. The largest absolute Gasteiger partial charge is 0.350 e. The average Bonchev–Trinajstić information content (AvgIpc) is 3.41. The van der Waals surface area contributed by atoms with E-state index in [0.29, 0.717) is 11.5 Å². The molecule has 2 aromatic heterocycles. The Morgan fingerprint density at radius 3 is 2.96 bits per heavy atom. The van der Waals surface area contributed by atoms with E-state index in [1.54, 1.807) is 0 Å². The van der Waals surface area contributed by atoms with E-state index < -0.39 is 0 Å². The van der Waals surface area contributed by atoms with E-state index in [0.717, 1.165) is 43.5 Å². The minimum atomic E-state index is -0.363. The second kappa shape index (κ2) is 9.14. The molecule has 1 unspecified atom stereocenters. The summed E-state index contributed by atoms with van der Waals surface area (Å²) >= 11 is 1.38. The molecule has 146 valence electrons. The van der Waals surface area contributed by atoms with Crippen LogP contribution < -0.4 is 5.48 Å². The fraction of sp³-hybridized carbons (Fsp3) is 0.333. The topological polar surface area (TPSA) is 65.4 Å².